The van der Waals surface area contributed by atoms with Crippen molar-refractivity contribution >= 4 is 28.9 Å². The summed E-state index contributed by atoms with van der Waals surface area (Å²) in [4.78, 5) is 0. The third kappa shape index (κ3) is 2.96. The Balaban J connectivity index is 2.45. The maximum Gasteiger partial charge on any atom is 0.133 e. The molecule has 0 aliphatic carbocycles. The van der Waals surface area contributed by atoms with Crippen LogP contribution in [0.5, 0.6) is 11.5 Å². The first-order valence-electron chi connectivity index (χ1n) is 5.88. The van der Waals surface area contributed by atoms with Crippen molar-refractivity contribution in [3.05, 3.63) is 51.0 Å². The van der Waals surface area contributed by atoms with Crippen LogP contribution in [0.1, 0.15) is 16.7 Å². The summed E-state index contributed by atoms with van der Waals surface area (Å²) in [5, 5.41) is 1.19. The molecule has 0 saturated heterocycles. The summed E-state index contributed by atoms with van der Waals surface area (Å²) < 4.78 is 5.96. The predicted octanol–water partition coefficient (Wildman–Crippen LogP) is 5.29. The smallest absolute Gasteiger partial charge is 0.133 e. The van der Waals surface area contributed by atoms with Gasteiger partial charge in [-0.15, -0.1) is 0 Å². The number of aryl methyl sites for hydroxylation is 3. The highest BCUT2D eigenvalue weighted by Gasteiger charge is 2.10. The molecule has 0 amide bonds. The number of ether oxygens (including phenoxy) is 1. The molecular formula is C15H15Cl2NO. The lowest BCUT2D eigenvalue weighted by Crippen LogP contribution is -1.95. The second kappa shape index (κ2) is 5.32. The van der Waals surface area contributed by atoms with E-state index in [4.69, 9.17) is 33.7 Å². The van der Waals surface area contributed by atoms with Crippen LogP contribution in [0.4, 0.5) is 5.69 Å². The number of nitrogen functional groups attached to an aromatic ring is 1. The zero-order chi connectivity index (χ0) is 14.2. The van der Waals surface area contributed by atoms with E-state index in [0.29, 0.717) is 21.5 Å². The summed E-state index contributed by atoms with van der Waals surface area (Å²) in [5.41, 5.74) is 9.22. The highest BCUT2D eigenvalue weighted by atomic mass is 35.5. The van der Waals surface area contributed by atoms with Gasteiger partial charge in [-0.3, -0.25) is 0 Å². The lowest BCUT2D eigenvalue weighted by Gasteiger charge is -2.15. The van der Waals surface area contributed by atoms with Gasteiger partial charge in [-0.1, -0.05) is 23.2 Å². The second-order valence-corrected chi connectivity index (χ2v) is 5.45. The summed E-state index contributed by atoms with van der Waals surface area (Å²) in [6, 6.07) is 7.29. The van der Waals surface area contributed by atoms with Gasteiger partial charge in [0.15, 0.2) is 0 Å². The van der Waals surface area contributed by atoms with E-state index in [9.17, 15) is 0 Å². The minimum atomic E-state index is 0.491. The van der Waals surface area contributed by atoms with E-state index < -0.39 is 0 Å². The first-order valence-corrected chi connectivity index (χ1v) is 6.64. The van der Waals surface area contributed by atoms with E-state index in [1.165, 1.54) is 0 Å². The Kier molecular flexibility index (Phi) is 3.93. The molecule has 2 aromatic carbocycles. The minimum Gasteiger partial charge on any atom is -0.456 e. The number of hydrogen-bond donors (Lipinski definition) is 1. The molecule has 2 rings (SSSR count). The number of benzene rings is 2. The third-order valence-corrected chi connectivity index (χ3v) is 3.48. The average molecular weight is 296 g/mol. The fourth-order valence-corrected chi connectivity index (χ4v) is 2.44. The summed E-state index contributed by atoms with van der Waals surface area (Å²) in [7, 11) is 0. The SMILES string of the molecule is Cc1cc(N)c(Cl)cc1Oc1c(C)cc(Cl)cc1C. The van der Waals surface area contributed by atoms with Crippen molar-refractivity contribution < 1.29 is 4.74 Å². The van der Waals surface area contributed by atoms with Crippen LogP contribution >= 0.6 is 23.2 Å². The van der Waals surface area contributed by atoms with Crippen molar-refractivity contribution in [3.63, 3.8) is 0 Å². The van der Waals surface area contributed by atoms with E-state index in [-0.39, 0.29) is 0 Å². The molecule has 100 valence electrons. The molecule has 0 spiro atoms. The monoisotopic (exact) mass is 295 g/mol. The lowest BCUT2D eigenvalue weighted by atomic mass is 10.1. The Morgan fingerprint density at radius 2 is 1.47 bits per heavy atom. The summed E-state index contributed by atoms with van der Waals surface area (Å²) >= 11 is 12.0. The second-order valence-electron chi connectivity index (χ2n) is 4.61. The molecule has 0 saturated carbocycles. The fraction of sp³-hybridized carbons (Fsp3) is 0.200. The van der Waals surface area contributed by atoms with Crippen LogP contribution in [-0.4, -0.2) is 0 Å². The molecule has 0 atom stereocenters. The van der Waals surface area contributed by atoms with Gasteiger partial charge in [-0.2, -0.15) is 0 Å². The number of halogens is 2. The topological polar surface area (TPSA) is 35.2 Å². The number of hydrogen-bond acceptors (Lipinski definition) is 2. The first-order chi connectivity index (χ1) is 8.88. The molecule has 2 aromatic rings. The van der Waals surface area contributed by atoms with Gasteiger partial charge in [0, 0.05) is 11.1 Å². The van der Waals surface area contributed by atoms with Crippen molar-refractivity contribution in [3.8, 4) is 11.5 Å². The van der Waals surface area contributed by atoms with Gasteiger partial charge >= 0.3 is 0 Å². The zero-order valence-electron chi connectivity index (χ0n) is 11.1. The fourth-order valence-electron chi connectivity index (χ4n) is 1.96. The minimum absolute atomic E-state index is 0.491. The van der Waals surface area contributed by atoms with E-state index in [0.717, 1.165) is 22.4 Å². The van der Waals surface area contributed by atoms with Gasteiger partial charge in [0.1, 0.15) is 11.5 Å². The van der Waals surface area contributed by atoms with Crippen LogP contribution in [0.15, 0.2) is 24.3 Å². The molecule has 0 unspecified atom stereocenters. The third-order valence-electron chi connectivity index (χ3n) is 2.93. The van der Waals surface area contributed by atoms with Crippen LogP contribution in [0.3, 0.4) is 0 Å². The summed E-state index contributed by atoms with van der Waals surface area (Å²) in [6.45, 7) is 5.85. The maximum atomic E-state index is 6.03. The first kappa shape index (κ1) is 14.0. The number of nitrogens with two attached hydrogens (primary N) is 1. The Bertz CT molecular complexity index is 615. The Morgan fingerprint density at radius 3 is 2.05 bits per heavy atom. The molecular weight excluding hydrogens is 281 g/mol. The molecule has 4 heteroatoms. The van der Waals surface area contributed by atoms with Crippen molar-refractivity contribution in [1.29, 1.82) is 0 Å². The Labute approximate surface area is 123 Å². The molecule has 0 radical (unpaired) electrons. The molecule has 2 nitrogen and oxygen atoms in total. The van der Waals surface area contributed by atoms with E-state index in [2.05, 4.69) is 0 Å². The van der Waals surface area contributed by atoms with E-state index in [1.807, 2.05) is 32.9 Å². The van der Waals surface area contributed by atoms with Crippen LogP contribution in [0.2, 0.25) is 10.0 Å². The maximum absolute atomic E-state index is 6.03. The number of rotatable bonds is 2. The van der Waals surface area contributed by atoms with Gasteiger partial charge in [-0.25, -0.2) is 0 Å². The van der Waals surface area contributed by atoms with Crippen LogP contribution in [0.25, 0.3) is 0 Å². The van der Waals surface area contributed by atoms with Crippen molar-refractivity contribution in [1.82, 2.24) is 0 Å². The standard InChI is InChI=1S/C15H15Cl2NO/c1-8-6-13(18)12(17)7-14(8)19-15-9(2)4-11(16)5-10(15)3/h4-7H,18H2,1-3H3. The Hall–Kier alpha value is -1.38. The largest absolute Gasteiger partial charge is 0.456 e. The van der Waals surface area contributed by atoms with Gasteiger partial charge < -0.3 is 10.5 Å². The quantitative estimate of drug-likeness (QED) is 0.764. The summed E-state index contributed by atoms with van der Waals surface area (Å²) in [5.74, 6) is 1.50. The molecule has 0 aromatic heterocycles. The van der Waals surface area contributed by atoms with Crippen LogP contribution < -0.4 is 10.5 Å². The van der Waals surface area contributed by atoms with Gasteiger partial charge in [-0.05, 0) is 55.7 Å². The van der Waals surface area contributed by atoms with Crippen molar-refractivity contribution in [2.75, 3.05) is 5.73 Å². The highest BCUT2D eigenvalue weighted by molar-refractivity contribution is 6.33. The zero-order valence-corrected chi connectivity index (χ0v) is 12.6. The number of anilines is 1. The molecule has 19 heavy (non-hydrogen) atoms. The van der Waals surface area contributed by atoms with E-state index >= 15 is 0 Å². The molecule has 0 bridgehead atoms. The molecule has 2 N–H and O–H groups in total. The lowest BCUT2D eigenvalue weighted by molar-refractivity contribution is 0.471. The van der Waals surface area contributed by atoms with Crippen LogP contribution in [-0.2, 0) is 0 Å². The molecule has 0 aliphatic rings. The summed E-state index contributed by atoms with van der Waals surface area (Å²) in [6.07, 6.45) is 0. The Morgan fingerprint density at radius 1 is 0.895 bits per heavy atom. The normalized spacial score (nSPS) is 10.6. The van der Waals surface area contributed by atoms with Gasteiger partial charge in [0.2, 0.25) is 0 Å². The average Bonchev–Trinajstić information content (AvgIpc) is 2.29. The van der Waals surface area contributed by atoms with E-state index in [1.54, 1.807) is 12.1 Å². The predicted molar refractivity (Wildman–Crippen MR) is 81.6 cm³/mol. The van der Waals surface area contributed by atoms with Crippen molar-refractivity contribution in [2.24, 2.45) is 0 Å². The molecule has 0 heterocycles. The molecule has 0 fully saturated rings. The highest BCUT2D eigenvalue weighted by Crippen LogP contribution is 2.35. The van der Waals surface area contributed by atoms with Crippen molar-refractivity contribution in [2.45, 2.75) is 20.8 Å². The molecule has 0 aliphatic heterocycles. The van der Waals surface area contributed by atoms with Gasteiger partial charge in [0.25, 0.3) is 0 Å². The van der Waals surface area contributed by atoms with Crippen LogP contribution in [0, 0.1) is 20.8 Å². The van der Waals surface area contributed by atoms with Gasteiger partial charge in [0.05, 0.1) is 10.7 Å².